The number of nitrogens with zero attached hydrogens (tertiary/aromatic N) is 3. The summed E-state index contributed by atoms with van der Waals surface area (Å²) in [5, 5.41) is 0. The Hall–Kier alpha value is -1.93. The highest BCUT2D eigenvalue weighted by molar-refractivity contribution is 5.67. The van der Waals surface area contributed by atoms with E-state index in [0.29, 0.717) is 32.3 Å². The molecular formula is C20H29F2N3O3. The van der Waals surface area contributed by atoms with Gasteiger partial charge in [0.15, 0.2) is 0 Å². The topological polar surface area (TPSA) is 45.2 Å². The number of likely N-dealkylation sites (tertiary alicyclic amines) is 1. The SMILES string of the molecule is CCOC(=O)N1CCN(C2CCCN(Cc3ccccc3OC(F)F)C2)CC1. The van der Waals surface area contributed by atoms with Crippen LogP contribution in [0.15, 0.2) is 24.3 Å². The Balaban J connectivity index is 1.53. The lowest BCUT2D eigenvalue weighted by Crippen LogP contribution is -2.55. The molecule has 2 aliphatic rings. The minimum Gasteiger partial charge on any atom is -0.450 e. The summed E-state index contributed by atoms with van der Waals surface area (Å²) in [5.41, 5.74) is 0.788. The van der Waals surface area contributed by atoms with Crippen molar-refractivity contribution in [2.24, 2.45) is 0 Å². The van der Waals surface area contributed by atoms with Gasteiger partial charge in [-0.2, -0.15) is 8.78 Å². The van der Waals surface area contributed by atoms with Crippen LogP contribution in [0.25, 0.3) is 0 Å². The molecule has 1 aromatic carbocycles. The van der Waals surface area contributed by atoms with Crippen molar-refractivity contribution in [1.29, 1.82) is 0 Å². The number of ether oxygens (including phenoxy) is 2. The van der Waals surface area contributed by atoms with Crippen molar-refractivity contribution in [3.8, 4) is 5.75 Å². The van der Waals surface area contributed by atoms with Crippen molar-refractivity contribution in [3.63, 3.8) is 0 Å². The zero-order valence-corrected chi connectivity index (χ0v) is 16.4. The fraction of sp³-hybridized carbons (Fsp3) is 0.650. The fourth-order valence-corrected chi connectivity index (χ4v) is 4.04. The van der Waals surface area contributed by atoms with Crippen molar-refractivity contribution in [2.45, 2.75) is 39.0 Å². The Morgan fingerprint density at radius 2 is 1.93 bits per heavy atom. The van der Waals surface area contributed by atoms with Crippen LogP contribution < -0.4 is 4.74 Å². The van der Waals surface area contributed by atoms with Crippen molar-refractivity contribution in [1.82, 2.24) is 14.7 Å². The van der Waals surface area contributed by atoms with Gasteiger partial charge in [-0.15, -0.1) is 0 Å². The lowest BCUT2D eigenvalue weighted by Gasteiger charge is -2.43. The third kappa shape index (κ3) is 5.54. The predicted octanol–water partition coefficient (Wildman–Crippen LogP) is 3.03. The van der Waals surface area contributed by atoms with Gasteiger partial charge in [0, 0.05) is 50.9 Å². The number of para-hydroxylation sites is 1. The van der Waals surface area contributed by atoms with E-state index in [1.807, 2.05) is 19.1 Å². The first-order chi connectivity index (χ1) is 13.6. The van der Waals surface area contributed by atoms with Gasteiger partial charge in [-0.05, 0) is 32.4 Å². The van der Waals surface area contributed by atoms with Crippen LogP contribution in [0.5, 0.6) is 5.75 Å². The predicted molar refractivity (Wildman–Crippen MR) is 102 cm³/mol. The van der Waals surface area contributed by atoms with E-state index in [4.69, 9.17) is 4.74 Å². The summed E-state index contributed by atoms with van der Waals surface area (Å²) in [5.74, 6) is 0.252. The van der Waals surface area contributed by atoms with Crippen molar-refractivity contribution >= 4 is 6.09 Å². The molecule has 1 unspecified atom stereocenters. The fourth-order valence-electron chi connectivity index (χ4n) is 4.04. The van der Waals surface area contributed by atoms with Crippen molar-refractivity contribution in [3.05, 3.63) is 29.8 Å². The number of halogens is 2. The maximum absolute atomic E-state index is 12.6. The number of piperidine rings is 1. The van der Waals surface area contributed by atoms with Gasteiger partial charge >= 0.3 is 12.7 Å². The molecule has 1 aromatic rings. The number of alkyl halides is 2. The molecule has 0 radical (unpaired) electrons. The Labute approximate surface area is 165 Å². The van der Waals surface area contributed by atoms with E-state index in [-0.39, 0.29) is 11.8 Å². The molecule has 0 bridgehead atoms. The second-order valence-electron chi connectivity index (χ2n) is 7.24. The van der Waals surface area contributed by atoms with Crippen molar-refractivity contribution in [2.75, 3.05) is 45.9 Å². The first-order valence-corrected chi connectivity index (χ1v) is 9.97. The van der Waals surface area contributed by atoms with Crippen LogP contribution in [-0.4, -0.2) is 79.3 Å². The van der Waals surface area contributed by atoms with E-state index in [1.165, 1.54) is 0 Å². The number of hydrogen-bond acceptors (Lipinski definition) is 5. The standard InChI is InChI=1S/C20H29F2N3O3/c1-2-27-20(26)25-12-10-24(11-13-25)17-7-5-9-23(15-17)14-16-6-3-4-8-18(16)28-19(21)22/h3-4,6,8,17,19H,2,5,7,9-15H2,1H3. The molecule has 6 nitrogen and oxygen atoms in total. The smallest absolute Gasteiger partial charge is 0.409 e. The minimum absolute atomic E-state index is 0.233. The molecule has 2 heterocycles. The Morgan fingerprint density at radius 1 is 1.18 bits per heavy atom. The Bertz CT molecular complexity index is 639. The van der Waals surface area contributed by atoms with Gasteiger partial charge in [-0.1, -0.05) is 18.2 Å². The van der Waals surface area contributed by atoms with Crippen LogP contribution in [0.4, 0.5) is 13.6 Å². The molecule has 2 fully saturated rings. The number of carbonyl (C=O) groups is 1. The third-order valence-electron chi connectivity index (χ3n) is 5.42. The molecule has 0 N–H and O–H groups in total. The van der Waals surface area contributed by atoms with E-state index < -0.39 is 6.61 Å². The second kappa shape index (κ2) is 10.0. The molecule has 1 amide bonds. The zero-order chi connectivity index (χ0) is 19.9. The van der Waals surface area contributed by atoms with Crippen LogP contribution in [0.3, 0.4) is 0 Å². The lowest BCUT2D eigenvalue weighted by molar-refractivity contribution is -0.0509. The summed E-state index contributed by atoms with van der Waals surface area (Å²) in [6.45, 7) is 4.87. The number of hydrogen-bond donors (Lipinski definition) is 0. The van der Waals surface area contributed by atoms with E-state index >= 15 is 0 Å². The van der Waals surface area contributed by atoms with Gasteiger partial charge in [-0.3, -0.25) is 9.80 Å². The minimum atomic E-state index is -2.81. The average Bonchev–Trinajstić information content (AvgIpc) is 2.70. The van der Waals surface area contributed by atoms with Gasteiger partial charge in [0.1, 0.15) is 5.75 Å². The van der Waals surface area contributed by atoms with Gasteiger partial charge in [0.05, 0.1) is 6.61 Å². The van der Waals surface area contributed by atoms with Gasteiger partial charge < -0.3 is 14.4 Å². The molecule has 8 heteroatoms. The summed E-state index contributed by atoms with van der Waals surface area (Å²) >= 11 is 0. The molecule has 0 aliphatic carbocycles. The normalized spacial score (nSPS) is 21.7. The average molecular weight is 397 g/mol. The molecule has 2 saturated heterocycles. The summed E-state index contributed by atoms with van der Waals surface area (Å²) in [4.78, 5) is 18.4. The molecule has 3 rings (SSSR count). The van der Waals surface area contributed by atoms with Crippen LogP contribution >= 0.6 is 0 Å². The highest BCUT2D eigenvalue weighted by atomic mass is 19.3. The summed E-state index contributed by atoms with van der Waals surface area (Å²) in [6, 6.07) is 7.42. The number of carbonyl (C=O) groups excluding carboxylic acids is 1. The molecule has 28 heavy (non-hydrogen) atoms. The Kier molecular flexibility index (Phi) is 7.44. The van der Waals surface area contributed by atoms with Crippen molar-refractivity contribution < 1.29 is 23.0 Å². The number of rotatable bonds is 6. The van der Waals surface area contributed by atoms with E-state index in [2.05, 4.69) is 14.5 Å². The van der Waals surface area contributed by atoms with E-state index in [1.54, 1.807) is 17.0 Å². The second-order valence-corrected chi connectivity index (χ2v) is 7.24. The molecule has 1 atom stereocenters. The summed E-state index contributed by atoms with van der Waals surface area (Å²) in [7, 11) is 0. The molecule has 2 aliphatic heterocycles. The quantitative estimate of drug-likeness (QED) is 0.738. The molecular weight excluding hydrogens is 368 g/mol. The zero-order valence-electron chi connectivity index (χ0n) is 16.4. The van der Waals surface area contributed by atoms with Gasteiger partial charge in [0.25, 0.3) is 0 Å². The maximum atomic E-state index is 12.6. The van der Waals surface area contributed by atoms with Crippen LogP contribution in [-0.2, 0) is 11.3 Å². The van der Waals surface area contributed by atoms with Crippen LogP contribution in [0.2, 0.25) is 0 Å². The first-order valence-electron chi connectivity index (χ1n) is 9.97. The first kappa shape index (κ1) is 20.8. The monoisotopic (exact) mass is 397 g/mol. The summed E-state index contributed by atoms with van der Waals surface area (Å²) in [6.07, 6.45) is 1.95. The summed E-state index contributed by atoms with van der Waals surface area (Å²) < 4.78 is 35.0. The number of benzene rings is 1. The number of piperazine rings is 1. The van der Waals surface area contributed by atoms with E-state index in [0.717, 1.165) is 44.6 Å². The molecule has 0 spiro atoms. The molecule has 0 aromatic heterocycles. The molecule has 156 valence electrons. The number of amides is 1. The van der Waals surface area contributed by atoms with Gasteiger partial charge in [0.2, 0.25) is 0 Å². The molecule has 0 saturated carbocycles. The maximum Gasteiger partial charge on any atom is 0.409 e. The Morgan fingerprint density at radius 3 is 2.64 bits per heavy atom. The highest BCUT2D eigenvalue weighted by Crippen LogP contribution is 2.25. The van der Waals surface area contributed by atoms with E-state index in [9.17, 15) is 13.6 Å². The van der Waals surface area contributed by atoms with Gasteiger partial charge in [-0.25, -0.2) is 4.79 Å². The third-order valence-corrected chi connectivity index (χ3v) is 5.42. The van der Waals surface area contributed by atoms with Crippen LogP contribution in [0, 0.1) is 0 Å². The van der Waals surface area contributed by atoms with Crippen LogP contribution in [0.1, 0.15) is 25.3 Å². The lowest BCUT2D eigenvalue weighted by atomic mass is 10.0. The highest BCUT2D eigenvalue weighted by Gasteiger charge is 2.30. The largest absolute Gasteiger partial charge is 0.450 e.